The summed E-state index contributed by atoms with van der Waals surface area (Å²) in [4.78, 5) is 44.4. The van der Waals surface area contributed by atoms with Crippen LogP contribution in [0.1, 0.15) is 54.0 Å². The molecule has 0 saturated carbocycles. The molecule has 2 heterocycles. The van der Waals surface area contributed by atoms with E-state index in [-0.39, 0.29) is 17.7 Å². The van der Waals surface area contributed by atoms with Crippen molar-refractivity contribution in [3.63, 3.8) is 0 Å². The first-order valence-electron chi connectivity index (χ1n) is 15.6. The standard InChI is InChI=1S/C40H28N2O4/c43-37-29-15-11-25-27-13-17-31-36-32(40(46)42(39(31)45)22-20-24-9-5-2-6-10-24)18-14-28(34(27)36)26-12-16-30(35(29)33(25)26)38(44)41(37)21-19-23-7-3-1-4-8-23/h1-18,37,43H,19-22H2. The van der Waals surface area contributed by atoms with Crippen LogP contribution in [0.2, 0.25) is 0 Å². The monoisotopic (exact) mass is 600 g/mol. The van der Waals surface area contributed by atoms with Crippen molar-refractivity contribution in [3.8, 4) is 0 Å². The van der Waals surface area contributed by atoms with Crippen LogP contribution < -0.4 is 0 Å². The fourth-order valence-corrected chi connectivity index (χ4v) is 7.69. The largest absolute Gasteiger partial charge is 0.369 e. The molecule has 2 aliphatic rings. The number of carbonyl (C=O) groups is 3. The van der Waals surface area contributed by atoms with E-state index in [9.17, 15) is 19.5 Å². The number of nitrogens with zero attached hydrogens (tertiary/aromatic N) is 2. The van der Waals surface area contributed by atoms with Gasteiger partial charge in [-0.05, 0) is 74.5 Å². The van der Waals surface area contributed by atoms with E-state index in [1.807, 2.05) is 109 Å². The SMILES string of the molecule is O=C1c2ccc3c4ccc5c6c(ccc(c7ccc(c2c37)C(=O)N1CCc1ccccc1)c64)C(O)N(CCc1ccccc1)C5=O. The van der Waals surface area contributed by atoms with Gasteiger partial charge < -0.3 is 10.0 Å². The van der Waals surface area contributed by atoms with Gasteiger partial charge in [-0.15, -0.1) is 0 Å². The highest BCUT2D eigenvalue weighted by atomic mass is 16.3. The first kappa shape index (κ1) is 26.8. The fraction of sp³-hybridized carbons (Fsp3) is 0.125. The summed E-state index contributed by atoms with van der Waals surface area (Å²) in [5.74, 6) is -0.752. The van der Waals surface area contributed by atoms with Gasteiger partial charge in [-0.3, -0.25) is 19.3 Å². The maximum absolute atomic E-state index is 13.9. The molecular weight excluding hydrogens is 572 g/mol. The van der Waals surface area contributed by atoms with Crippen LogP contribution >= 0.6 is 0 Å². The highest BCUT2D eigenvalue weighted by Gasteiger charge is 2.36. The quantitative estimate of drug-likeness (QED) is 0.124. The van der Waals surface area contributed by atoms with E-state index < -0.39 is 6.23 Å². The number of hydrogen-bond acceptors (Lipinski definition) is 4. The third-order valence-electron chi connectivity index (χ3n) is 9.90. The van der Waals surface area contributed by atoms with Crippen molar-refractivity contribution in [3.05, 3.63) is 143 Å². The van der Waals surface area contributed by atoms with Crippen molar-refractivity contribution < 1.29 is 19.5 Å². The lowest BCUT2D eigenvalue weighted by atomic mass is 9.82. The van der Waals surface area contributed by atoms with Gasteiger partial charge in [0.05, 0.1) is 0 Å². The molecular formula is C40H28N2O4. The van der Waals surface area contributed by atoms with E-state index in [0.29, 0.717) is 53.6 Å². The summed E-state index contributed by atoms with van der Waals surface area (Å²) in [7, 11) is 0. The van der Waals surface area contributed by atoms with Crippen LogP contribution in [0.25, 0.3) is 43.1 Å². The number of aliphatic hydroxyl groups is 1. The molecule has 0 radical (unpaired) electrons. The van der Waals surface area contributed by atoms with Gasteiger partial charge in [0.25, 0.3) is 17.7 Å². The summed E-state index contributed by atoms with van der Waals surface area (Å²) in [6.45, 7) is 0.700. The van der Waals surface area contributed by atoms with Crippen LogP contribution in [0.4, 0.5) is 0 Å². The van der Waals surface area contributed by atoms with Crippen LogP contribution in [0.5, 0.6) is 0 Å². The van der Waals surface area contributed by atoms with Gasteiger partial charge in [0, 0.05) is 46.1 Å². The maximum atomic E-state index is 13.9. The Hall–Kier alpha value is -5.59. The summed E-state index contributed by atoms with van der Waals surface area (Å²) in [6.07, 6.45) is 0.155. The maximum Gasteiger partial charge on any atom is 0.261 e. The van der Waals surface area contributed by atoms with Gasteiger partial charge >= 0.3 is 0 Å². The molecule has 222 valence electrons. The second-order valence-electron chi connectivity index (χ2n) is 12.3. The average Bonchev–Trinajstić information content (AvgIpc) is 3.09. The third-order valence-corrected chi connectivity index (χ3v) is 9.90. The summed E-state index contributed by atoms with van der Waals surface area (Å²) in [6, 6.07) is 35.2. The number of imide groups is 1. The third kappa shape index (κ3) is 3.71. The van der Waals surface area contributed by atoms with Crippen molar-refractivity contribution in [1.82, 2.24) is 9.80 Å². The molecule has 0 spiro atoms. The minimum absolute atomic E-state index is 0.192. The van der Waals surface area contributed by atoms with Crippen LogP contribution in [-0.2, 0) is 12.8 Å². The Balaban J connectivity index is 1.18. The van der Waals surface area contributed by atoms with Gasteiger partial charge in [-0.2, -0.15) is 0 Å². The molecule has 0 saturated heterocycles. The molecule has 0 bridgehead atoms. The van der Waals surface area contributed by atoms with Gasteiger partial charge in [0.1, 0.15) is 0 Å². The lowest BCUT2D eigenvalue weighted by molar-refractivity contribution is 0.00544. The molecule has 2 aliphatic heterocycles. The van der Waals surface area contributed by atoms with Crippen molar-refractivity contribution in [1.29, 1.82) is 0 Å². The number of rotatable bonds is 6. The predicted molar refractivity (Wildman–Crippen MR) is 179 cm³/mol. The Labute approximate surface area is 264 Å². The molecule has 6 nitrogen and oxygen atoms in total. The zero-order chi connectivity index (χ0) is 31.1. The van der Waals surface area contributed by atoms with Crippen LogP contribution in [0, 0.1) is 0 Å². The highest BCUT2D eigenvalue weighted by Crippen LogP contribution is 2.47. The number of hydrogen-bond donors (Lipinski definition) is 1. The molecule has 1 N–H and O–H groups in total. The van der Waals surface area contributed by atoms with Crippen molar-refractivity contribution in [2.24, 2.45) is 0 Å². The zero-order valence-corrected chi connectivity index (χ0v) is 24.9. The van der Waals surface area contributed by atoms with Crippen molar-refractivity contribution in [2.45, 2.75) is 19.1 Å². The summed E-state index contributed by atoms with van der Waals surface area (Å²) >= 11 is 0. The average molecular weight is 601 g/mol. The Kier molecular flexibility index (Phi) is 5.80. The summed E-state index contributed by atoms with van der Waals surface area (Å²) < 4.78 is 0. The number of benzene rings is 7. The lowest BCUT2D eigenvalue weighted by Gasteiger charge is -2.34. The molecule has 9 rings (SSSR count). The summed E-state index contributed by atoms with van der Waals surface area (Å²) in [5.41, 5.74) is 4.50. The lowest BCUT2D eigenvalue weighted by Crippen LogP contribution is -2.41. The van der Waals surface area contributed by atoms with Crippen molar-refractivity contribution in [2.75, 3.05) is 13.1 Å². The number of carbonyl (C=O) groups excluding carboxylic acids is 3. The minimum atomic E-state index is -1.07. The Morgan fingerprint density at radius 2 is 0.935 bits per heavy atom. The van der Waals surface area contributed by atoms with E-state index in [4.69, 9.17) is 0 Å². The first-order chi connectivity index (χ1) is 22.5. The fourth-order valence-electron chi connectivity index (χ4n) is 7.69. The predicted octanol–water partition coefficient (Wildman–Crippen LogP) is 7.27. The molecule has 7 aromatic rings. The van der Waals surface area contributed by atoms with Gasteiger partial charge in [0.2, 0.25) is 0 Å². The highest BCUT2D eigenvalue weighted by molar-refractivity contribution is 6.39. The van der Waals surface area contributed by atoms with Crippen molar-refractivity contribution >= 4 is 60.8 Å². The molecule has 0 fully saturated rings. The molecule has 46 heavy (non-hydrogen) atoms. The van der Waals surface area contributed by atoms with Gasteiger partial charge in [-0.25, -0.2) is 0 Å². The van der Waals surface area contributed by atoms with E-state index in [1.54, 1.807) is 4.90 Å². The Morgan fingerprint density at radius 1 is 0.478 bits per heavy atom. The molecule has 1 unspecified atom stereocenters. The van der Waals surface area contributed by atoms with E-state index in [0.717, 1.165) is 48.8 Å². The number of fused-ring (bicyclic) bond motifs is 2. The smallest absolute Gasteiger partial charge is 0.261 e. The molecule has 0 aromatic heterocycles. The van der Waals surface area contributed by atoms with Crippen LogP contribution in [0.3, 0.4) is 0 Å². The first-order valence-corrected chi connectivity index (χ1v) is 15.6. The molecule has 3 amide bonds. The van der Waals surface area contributed by atoms with Crippen LogP contribution in [0.15, 0.2) is 109 Å². The Morgan fingerprint density at radius 3 is 1.48 bits per heavy atom. The number of aliphatic hydroxyl groups excluding tert-OH is 1. The van der Waals surface area contributed by atoms with E-state index in [1.165, 1.54) is 4.90 Å². The van der Waals surface area contributed by atoms with Gasteiger partial charge in [-0.1, -0.05) is 91.0 Å². The molecule has 1 atom stereocenters. The minimum Gasteiger partial charge on any atom is -0.369 e. The summed E-state index contributed by atoms with van der Waals surface area (Å²) in [5, 5.41) is 18.5. The molecule has 7 aromatic carbocycles. The molecule has 6 heteroatoms. The normalized spacial score (nSPS) is 16.1. The second-order valence-corrected chi connectivity index (χ2v) is 12.3. The Bertz CT molecular complexity index is 2330. The zero-order valence-electron chi connectivity index (χ0n) is 24.9. The second kappa shape index (κ2) is 9.96. The van der Waals surface area contributed by atoms with E-state index in [2.05, 4.69) is 0 Å². The number of amides is 3. The van der Waals surface area contributed by atoms with Gasteiger partial charge in [0.15, 0.2) is 6.23 Å². The topological polar surface area (TPSA) is 77.9 Å². The molecule has 0 aliphatic carbocycles. The van der Waals surface area contributed by atoms with Crippen LogP contribution in [-0.4, -0.2) is 45.7 Å². The van der Waals surface area contributed by atoms with E-state index >= 15 is 0 Å².